The minimum atomic E-state index is 0.939. The zero-order chi connectivity index (χ0) is 13.4. The lowest BCUT2D eigenvalue weighted by Gasteiger charge is -2.19. The molecule has 0 saturated heterocycles. The van der Waals surface area contributed by atoms with Crippen molar-refractivity contribution in [2.75, 3.05) is 11.4 Å². The molecule has 98 valence electrons. The second kappa shape index (κ2) is 4.64. The fourth-order valence-corrected chi connectivity index (χ4v) is 2.99. The third-order valence-corrected chi connectivity index (χ3v) is 4.00. The Morgan fingerprint density at radius 1 is 1.00 bits per heavy atom. The van der Waals surface area contributed by atoms with Crippen LogP contribution >= 0.6 is 0 Å². The summed E-state index contributed by atoms with van der Waals surface area (Å²) in [6, 6.07) is 19.2. The molecule has 0 aliphatic carbocycles. The van der Waals surface area contributed by atoms with Crippen molar-refractivity contribution in [1.82, 2.24) is 4.98 Å². The van der Waals surface area contributed by atoms with Crippen LogP contribution in [-0.4, -0.2) is 11.5 Å². The van der Waals surface area contributed by atoms with E-state index in [1.165, 1.54) is 22.2 Å². The molecule has 20 heavy (non-hydrogen) atoms. The molecule has 0 radical (unpaired) electrons. The SMILES string of the molecule is c1ccc2c(c1)CCN2Cc1cnc2ccccc2c1. The first-order chi connectivity index (χ1) is 9.90. The third kappa shape index (κ3) is 1.94. The molecule has 1 aliphatic rings. The maximum Gasteiger partial charge on any atom is 0.0702 e. The minimum absolute atomic E-state index is 0.939. The van der Waals surface area contributed by atoms with E-state index >= 15 is 0 Å². The van der Waals surface area contributed by atoms with Crippen molar-refractivity contribution >= 4 is 16.6 Å². The highest BCUT2D eigenvalue weighted by Crippen LogP contribution is 2.29. The molecular formula is C18H16N2. The summed E-state index contributed by atoms with van der Waals surface area (Å²) in [5, 5.41) is 1.22. The predicted octanol–water partition coefficient (Wildman–Crippen LogP) is 3.80. The van der Waals surface area contributed by atoms with E-state index in [9.17, 15) is 0 Å². The first kappa shape index (κ1) is 11.5. The van der Waals surface area contributed by atoms with Crippen molar-refractivity contribution in [3.8, 4) is 0 Å². The number of rotatable bonds is 2. The number of hydrogen-bond acceptors (Lipinski definition) is 2. The first-order valence-electron chi connectivity index (χ1n) is 7.07. The summed E-state index contributed by atoms with van der Waals surface area (Å²) in [5.41, 5.74) is 5.18. The lowest BCUT2D eigenvalue weighted by Crippen LogP contribution is -2.19. The Bertz CT molecular complexity index is 764. The Morgan fingerprint density at radius 2 is 1.85 bits per heavy atom. The molecule has 4 rings (SSSR count). The van der Waals surface area contributed by atoms with Crippen molar-refractivity contribution in [2.45, 2.75) is 13.0 Å². The summed E-state index contributed by atoms with van der Waals surface area (Å²) in [7, 11) is 0. The van der Waals surface area contributed by atoms with Gasteiger partial charge in [0.1, 0.15) is 0 Å². The molecule has 2 heterocycles. The van der Waals surface area contributed by atoms with Gasteiger partial charge < -0.3 is 4.90 Å². The number of para-hydroxylation sites is 2. The number of aromatic nitrogens is 1. The van der Waals surface area contributed by atoms with Crippen LogP contribution in [-0.2, 0) is 13.0 Å². The largest absolute Gasteiger partial charge is 0.367 e. The highest BCUT2D eigenvalue weighted by molar-refractivity contribution is 5.78. The molecule has 0 fully saturated rings. The van der Waals surface area contributed by atoms with Gasteiger partial charge in [-0.2, -0.15) is 0 Å². The molecular weight excluding hydrogens is 244 g/mol. The van der Waals surface area contributed by atoms with Crippen LogP contribution < -0.4 is 4.90 Å². The highest BCUT2D eigenvalue weighted by Gasteiger charge is 2.18. The summed E-state index contributed by atoms with van der Waals surface area (Å²) in [4.78, 5) is 7.00. The number of pyridine rings is 1. The van der Waals surface area contributed by atoms with E-state index in [2.05, 4.69) is 58.4 Å². The van der Waals surface area contributed by atoms with Crippen LogP contribution in [0.2, 0.25) is 0 Å². The monoisotopic (exact) mass is 260 g/mol. The Balaban J connectivity index is 1.65. The number of anilines is 1. The van der Waals surface area contributed by atoms with Gasteiger partial charge in [-0.05, 0) is 35.7 Å². The van der Waals surface area contributed by atoms with Crippen molar-refractivity contribution in [1.29, 1.82) is 0 Å². The molecule has 1 aliphatic heterocycles. The van der Waals surface area contributed by atoms with Crippen LogP contribution in [0, 0.1) is 0 Å². The van der Waals surface area contributed by atoms with E-state index in [0.717, 1.165) is 25.0 Å². The van der Waals surface area contributed by atoms with Crippen LogP contribution in [0.1, 0.15) is 11.1 Å². The van der Waals surface area contributed by atoms with Gasteiger partial charge in [-0.3, -0.25) is 4.98 Å². The standard InChI is InChI=1S/C18H16N2/c1-3-7-17-16(6-1)11-14(12-19-17)13-20-10-9-15-5-2-4-8-18(15)20/h1-8,11-12H,9-10,13H2. The molecule has 0 bridgehead atoms. The molecule has 0 atom stereocenters. The van der Waals surface area contributed by atoms with E-state index in [4.69, 9.17) is 0 Å². The predicted molar refractivity (Wildman–Crippen MR) is 82.9 cm³/mol. The van der Waals surface area contributed by atoms with Gasteiger partial charge in [-0.25, -0.2) is 0 Å². The number of fused-ring (bicyclic) bond motifs is 2. The van der Waals surface area contributed by atoms with Crippen LogP contribution in [0.15, 0.2) is 60.8 Å². The van der Waals surface area contributed by atoms with Gasteiger partial charge in [0, 0.05) is 30.4 Å². The molecule has 0 unspecified atom stereocenters. The Kier molecular flexibility index (Phi) is 2.66. The van der Waals surface area contributed by atoms with Gasteiger partial charge in [0.2, 0.25) is 0 Å². The van der Waals surface area contributed by atoms with Crippen molar-refractivity contribution in [3.63, 3.8) is 0 Å². The number of benzene rings is 2. The topological polar surface area (TPSA) is 16.1 Å². The molecule has 2 aromatic carbocycles. The first-order valence-corrected chi connectivity index (χ1v) is 7.07. The van der Waals surface area contributed by atoms with Gasteiger partial charge in [0.25, 0.3) is 0 Å². The molecule has 1 aromatic heterocycles. The second-order valence-corrected chi connectivity index (χ2v) is 5.34. The molecule has 0 spiro atoms. The third-order valence-electron chi connectivity index (χ3n) is 4.00. The molecule has 2 nitrogen and oxygen atoms in total. The van der Waals surface area contributed by atoms with Gasteiger partial charge in [-0.15, -0.1) is 0 Å². The van der Waals surface area contributed by atoms with Gasteiger partial charge in [0.15, 0.2) is 0 Å². The van der Waals surface area contributed by atoms with Crippen LogP contribution in [0.4, 0.5) is 5.69 Å². The molecule has 0 amide bonds. The quantitative estimate of drug-likeness (QED) is 0.696. The number of nitrogens with zero attached hydrogens (tertiary/aromatic N) is 2. The van der Waals surface area contributed by atoms with Gasteiger partial charge >= 0.3 is 0 Å². The maximum atomic E-state index is 4.55. The summed E-state index contributed by atoms with van der Waals surface area (Å²) in [5.74, 6) is 0. The summed E-state index contributed by atoms with van der Waals surface area (Å²) in [6.45, 7) is 2.04. The van der Waals surface area contributed by atoms with Crippen molar-refractivity contribution in [3.05, 3.63) is 71.9 Å². The van der Waals surface area contributed by atoms with E-state index < -0.39 is 0 Å². The van der Waals surface area contributed by atoms with Crippen molar-refractivity contribution in [2.24, 2.45) is 0 Å². The fourth-order valence-electron chi connectivity index (χ4n) is 2.99. The minimum Gasteiger partial charge on any atom is -0.367 e. The van der Waals surface area contributed by atoms with E-state index in [1.807, 2.05) is 12.3 Å². The Hall–Kier alpha value is -2.35. The molecule has 0 saturated carbocycles. The average Bonchev–Trinajstić information content (AvgIpc) is 2.91. The van der Waals surface area contributed by atoms with Crippen LogP contribution in [0.3, 0.4) is 0 Å². The smallest absolute Gasteiger partial charge is 0.0702 e. The average molecular weight is 260 g/mol. The molecule has 2 heteroatoms. The molecule has 3 aromatic rings. The highest BCUT2D eigenvalue weighted by atomic mass is 15.1. The fraction of sp³-hybridized carbons (Fsp3) is 0.167. The van der Waals surface area contributed by atoms with Gasteiger partial charge in [-0.1, -0.05) is 36.4 Å². The zero-order valence-corrected chi connectivity index (χ0v) is 11.3. The van der Waals surface area contributed by atoms with E-state index in [1.54, 1.807) is 0 Å². The second-order valence-electron chi connectivity index (χ2n) is 5.34. The van der Waals surface area contributed by atoms with Crippen LogP contribution in [0.5, 0.6) is 0 Å². The summed E-state index contributed by atoms with van der Waals surface area (Å²) in [6.07, 6.45) is 3.15. The van der Waals surface area contributed by atoms with E-state index in [0.29, 0.717) is 0 Å². The Morgan fingerprint density at radius 3 is 2.85 bits per heavy atom. The summed E-state index contributed by atoms with van der Waals surface area (Å²) >= 11 is 0. The Labute approximate surface area is 118 Å². The van der Waals surface area contributed by atoms with Crippen LogP contribution in [0.25, 0.3) is 10.9 Å². The lowest BCUT2D eigenvalue weighted by molar-refractivity contribution is 0.834. The van der Waals surface area contributed by atoms with E-state index in [-0.39, 0.29) is 0 Å². The number of hydrogen-bond donors (Lipinski definition) is 0. The lowest BCUT2D eigenvalue weighted by atomic mass is 10.1. The zero-order valence-electron chi connectivity index (χ0n) is 11.3. The molecule has 0 N–H and O–H groups in total. The normalized spacial score (nSPS) is 13.7. The summed E-state index contributed by atoms with van der Waals surface area (Å²) < 4.78 is 0. The van der Waals surface area contributed by atoms with Gasteiger partial charge in [0.05, 0.1) is 5.52 Å². The maximum absolute atomic E-state index is 4.55. The van der Waals surface area contributed by atoms with Crippen molar-refractivity contribution < 1.29 is 0 Å².